The maximum atomic E-state index is 13.2. The second-order valence-electron chi connectivity index (χ2n) is 12.7. The number of carboxylic acids is 3. The maximum absolute atomic E-state index is 13.2. The lowest BCUT2D eigenvalue weighted by Crippen LogP contribution is -2.60. The van der Waals surface area contributed by atoms with Crippen LogP contribution in [0.1, 0.15) is 65.7 Å². The molecule has 0 rings (SSSR count). The van der Waals surface area contributed by atoms with E-state index in [0.29, 0.717) is 0 Å². The maximum Gasteiger partial charge on any atom is 0.305 e. The number of primary amides is 3. The summed E-state index contributed by atoms with van der Waals surface area (Å²) in [5.74, 6) is -16.4. The van der Waals surface area contributed by atoms with Crippen LogP contribution >= 0.6 is 0 Å². The molecule has 27 heteroatoms. The van der Waals surface area contributed by atoms with Gasteiger partial charge in [-0.3, -0.25) is 62.3 Å². The van der Waals surface area contributed by atoms with E-state index in [0.717, 1.165) is 20.8 Å². The molecule has 58 heavy (non-hydrogen) atoms. The van der Waals surface area contributed by atoms with E-state index >= 15 is 0 Å². The first-order valence-electron chi connectivity index (χ1n) is 17.0. The first-order valence-corrected chi connectivity index (χ1v) is 17.0. The molecule has 0 radical (unpaired) electrons. The number of carbonyl (C=O) groups excluding carboxylic acids is 10. The van der Waals surface area contributed by atoms with Gasteiger partial charge in [0, 0.05) is 19.8 Å². The number of hydrogen-bond acceptors (Lipinski definition) is 14. The Morgan fingerprint density at radius 1 is 0.466 bits per heavy atom. The molecule has 0 spiro atoms. The third kappa shape index (κ3) is 20.1. The van der Waals surface area contributed by atoms with E-state index in [1.54, 1.807) is 0 Å². The normalized spacial score (nSPS) is 14.8. The van der Waals surface area contributed by atoms with Crippen LogP contribution in [0.4, 0.5) is 0 Å². The Morgan fingerprint density at radius 3 is 1.24 bits per heavy atom. The van der Waals surface area contributed by atoms with Crippen LogP contribution < -0.4 is 54.4 Å². The SMILES string of the molecule is CC(=O)N[C@H](C(=O)N[C@@H](CCC(N)=O)C(=O)N[C@@H](CC(=O)O)C(=O)N[C@@H](C)C(=O)N[C@@H](CCC(=O)O)C(=O)N[C@@H](CC(=O)O)C(=O)N[C@@H](CC(N)=O)C(N)=O)[C@@H](C)O. The lowest BCUT2D eigenvalue weighted by molar-refractivity contribution is -0.142. The van der Waals surface area contributed by atoms with Gasteiger partial charge in [0.1, 0.15) is 42.3 Å². The number of carboxylic acid groups (broad SMARTS) is 3. The number of carbonyl (C=O) groups is 13. The van der Waals surface area contributed by atoms with E-state index in [1.165, 1.54) is 0 Å². The zero-order valence-electron chi connectivity index (χ0n) is 31.4. The predicted octanol–water partition coefficient (Wildman–Crippen LogP) is -7.76. The van der Waals surface area contributed by atoms with Crippen molar-refractivity contribution in [3.8, 4) is 0 Å². The standard InChI is InChI=1S/C31H48N10O17/c1-11(26(53)37-15(5-7-21(46)47)28(55)41-18(10-23(50)51)30(57)39-16(25(34)52)8-20(33)45)35-29(56)17(9-22(48)49)40-27(54)14(4-6-19(32)44)38-31(58)24(12(2)42)36-13(3)43/h11-12,14-18,24,42H,4-10H2,1-3H3,(H2,32,44)(H2,33,45)(H2,34,52)(H,35,56)(H,36,43)(H,37,53)(H,38,58)(H,39,57)(H,40,54)(H,41,55)(H,46,47)(H,48,49)(H,50,51)/t11-,12+,14-,15-,16-,17-,18-,24-/m0/s1. The minimum absolute atomic E-state index is 0.506. The molecule has 8 atom stereocenters. The Bertz CT molecular complexity index is 1620. The minimum Gasteiger partial charge on any atom is -0.481 e. The van der Waals surface area contributed by atoms with Crippen molar-refractivity contribution in [2.75, 3.05) is 0 Å². The second kappa shape index (κ2) is 24.6. The van der Waals surface area contributed by atoms with E-state index in [-0.39, 0.29) is 0 Å². The number of aliphatic hydroxyl groups excluding tert-OH is 1. The summed E-state index contributed by atoms with van der Waals surface area (Å²) in [5.41, 5.74) is 15.3. The number of aliphatic hydroxyl groups is 1. The quantitative estimate of drug-likeness (QED) is 0.0365. The number of rotatable bonds is 27. The molecular weight excluding hydrogens is 784 g/mol. The molecular formula is C31H48N10O17. The summed E-state index contributed by atoms with van der Waals surface area (Å²) in [6.45, 7) is 3.18. The van der Waals surface area contributed by atoms with E-state index < -0.39 is 170 Å². The average Bonchev–Trinajstić information content (AvgIpc) is 3.08. The van der Waals surface area contributed by atoms with Crippen LogP contribution in [0.25, 0.3) is 0 Å². The Labute approximate surface area is 328 Å². The van der Waals surface area contributed by atoms with E-state index in [2.05, 4.69) is 26.6 Å². The van der Waals surface area contributed by atoms with Gasteiger partial charge in [0.05, 0.1) is 25.4 Å². The molecule has 0 aliphatic heterocycles. The van der Waals surface area contributed by atoms with E-state index in [1.807, 2.05) is 10.6 Å². The van der Waals surface area contributed by atoms with Crippen LogP contribution in [0, 0.1) is 0 Å². The number of amides is 10. The van der Waals surface area contributed by atoms with Crippen molar-refractivity contribution in [1.82, 2.24) is 37.2 Å². The number of nitrogens with two attached hydrogens (primary N) is 3. The second-order valence-corrected chi connectivity index (χ2v) is 12.7. The summed E-state index contributed by atoms with van der Waals surface area (Å²) in [6, 6.07) is -12.6. The highest BCUT2D eigenvalue weighted by Gasteiger charge is 2.35. The Kier molecular flexibility index (Phi) is 21.6. The Balaban J connectivity index is 6.22. The van der Waals surface area contributed by atoms with Gasteiger partial charge in [-0.2, -0.15) is 0 Å². The third-order valence-corrected chi connectivity index (χ3v) is 7.56. The molecule has 0 saturated carbocycles. The minimum atomic E-state index is -2.00. The van der Waals surface area contributed by atoms with Crippen LogP contribution in [0.3, 0.4) is 0 Å². The third-order valence-electron chi connectivity index (χ3n) is 7.56. The highest BCUT2D eigenvalue weighted by molar-refractivity contribution is 5.99. The molecule has 0 aromatic rings. The van der Waals surface area contributed by atoms with Crippen LogP contribution in [0.2, 0.25) is 0 Å². The molecule has 0 aromatic heterocycles. The Morgan fingerprint density at radius 2 is 0.862 bits per heavy atom. The lowest BCUT2D eigenvalue weighted by Gasteiger charge is -2.26. The molecule has 0 unspecified atom stereocenters. The van der Waals surface area contributed by atoms with Crippen LogP contribution in [-0.4, -0.2) is 146 Å². The molecule has 0 aliphatic rings. The van der Waals surface area contributed by atoms with Gasteiger partial charge in [0.15, 0.2) is 0 Å². The van der Waals surface area contributed by atoms with Crippen molar-refractivity contribution in [2.45, 2.75) is 114 Å². The molecule has 0 heterocycles. The first kappa shape index (κ1) is 51.1. The molecule has 0 saturated heterocycles. The predicted molar refractivity (Wildman–Crippen MR) is 189 cm³/mol. The molecule has 0 fully saturated rings. The average molecular weight is 833 g/mol. The lowest BCUT2D eigenvalue weighted by atomic mass is 10.1. The smallest absolute Gasteiger partial charge is 0.305 e. The van der Waals surface area contributed by atoms with Crippen molar-refractivity contribution in [1.29, 1.82) is 0 Å². The summed E-state index contributed by atoms with van der Waals surface area (Å²) >= 11 is 0. The van der Waals surface area contributed by atoms with Crippen LogP contribution in [0.5, 0.6) is 0 Å². The number of nitrogens with one attached hydrogen (secondary N) is 7. The number of aliphatic carboxylic acids is 3. The van der Waals surface area contributed by atoms with E-state index in [4.69, 9.17) is 17.2 Å². The van der Waals surface area contributed by atoms with Gasteiger partial charge in [-0.15, -0.1) is 0 Å². The largest absolute Gasteiger partial charge is 0.481 e. The van der Waals surface area contributed by atoms with Crippen molar-refractivity contribution >= 4 is 77.0 Å². The zero-order chi connectivity index (χ0) is 45.0. The monoisotopic (exact) mass is 832 g/mol. The van der Waals surface area contributed by atoms with Gasteiger partial charge in [-0.25, -0.2) is 0 Å². The van der Waals surface area contributed by atoms with Crippen molar-refractivity contribution in [3.05, 3.63) is 0 Å². The number of hydrogen-bond donors (Lipinski definition) is 14. The molecule has 10 amide bonds. The summed E-state index contributed by atoms with van der Waals surface area (Å²) in [5, 5.41) is 52.3. The van der Waals surface area contributed by atoms with Gasteiger partial charge in [-0.1, -0.05) is 0 Å². The van der Waals surface area contributed by atoms with Crippen LogP contribution in [0.15, 0.2) is 0 Å². The van der Waals surface area contributed by atoms with E-state index in [9.17, 15) is 82.8 Å². The summed E-state index contributed by atoms with van der Waals surface area (Å²) in [6.07, 6.45) is -7.06. The topological polar surface area (TPSA) is 465 Å². The van der Waals surface area contributed by atoms with Crippen molar-refractivity contribution < 1.29 is 82.8 Å². The highest BCUT2D eigenvalue weighted by Crippen LogP contribution is 2.06. The van der Waals surface area contributed by atoms with Gasteiger partial charge in [0.2, 0.25) is 59.1 Å². The van der Waals surface area contributed by atoms with Crippen LogP contribution in [-0.2, 0) is 62.3 Å². The first-order chi connectivity index (χ1) is 26.7. The molecule has 0 aliphatic carbocycles. The molecule has 0 aromatic carbocycles. The van der Waals surface area contributed by atoms with Gasteiger partial charge >= 0.3 is 17.9 Å². The fraction of sp³-hybridized carbons (Fsp3) is 0.581. The Hall–Kier alpha value is -6.93. The summed E-state index contributed by atoms with van der Waals surface area (Å²) < 4.78 is 0. The van der Waals surface area contributed by atoms with Gasteiger partial charge < -0.3 is 74.8 Å². The fourth-order valence-corrected chi connectivity index (χ4v) is 4.66. The van der Waals surface area contributed by atoms with Gasteiger partial charge in [0.25, 0.3) is 0 Å². The van der Waals surface area contributed by atoms with Crippen molar-refractivity contribution in [3.63, 3.8) is 0 Å². The summed E-state index contributed by atoms with van der Waals surface area (Å²) in [7, 11) is 0. The molecule has 0 bridgehead atoms. The van der Waals surface area contributed by atoms with Gasteiger partial charge in [-0.05, 0) is 26.7 Å². The highest BCUT2D eigenvalue weighted by atomic mass is 16.4. The zero-order valence-corrected chi connectivity index (χ0v) is 31.4. The van der Waals surface area contributed by atoms with Crippen molar-refractivity contribution in [2.24, 2.45) is 17.2 Å². The molecule has 17 N–H and O–H groups in total. The fourth-order valence-electron chi connectivity index (χ4n) is 4.66. The summed E-state index contributed by atoms with van der Waals surface area (Å²) in [4.78, 5) is 159. The molecule has 324 valence electrons. The molecule has 27 nitrogen and oxygen atoms in total.